The second kappa shape index (κ2) is 7.28. The Balaban J connectivity index is 2.14. The first kappa shape index (κ1) is 17.7. The van der Waals surface area contributed by atoms with E-state index in [0.29, 0.717) is 6.20 Å². The lowest BCUT2D eigenvalue weighted by atomic mass is 10.2. The van der Waals surface area contributed by atoms with E-state index >= 15 is 0 Å². The van der Waals surface area contributed by atoms with E-state index in [2.05, 4.69) is 10.1 Å². The standard InChI is InChI=1S/C14H13F4N3O3/c1-2-23-13(22)10-6-20-21(8-15)11(10)7-24-12-4-3-9(5-19-12)14(16,17)18/h3-6H,2,7-8H2,1H3. The number of rotatable bonds is 6. The van der Waals surface area contributed by atoms with Gasteiger partial charge in [0.2, 0.25) is 5.88 Å². The third-order valence-corrected chi connectivity index (χ3v) is 2.98. The number of hydrogen-bond acceptors (Lipinski definition) is 5. The second-order valence-electron chi connectivity index (χ2n) is 4.52. The summed E-state index contributed by atoms with van der Waals surface area (Å²) in [6, 6.07) is 1.84. The van der Waals surface area contributed by atoms with E-state index < -0.39 is 24.5 Å². The lowest BCUT2D eigenvalue weighted by Crippen LogP contribution is -2.12. The quantitative estimate of drug-likeness (QED) is 0.594. The monoisotopic (exact) mass is 347 g/mol. The molecule has 0 aliphatic rings. The summed E-state index contributed by atoms with van der Waals surface area (Å²) in [6.07, 6.45) is -2.75. The molecule has 0 saturated heterocycles. The smallest absolute Gasteiger partial charge is 0.417 e. The number of alkyl halides is 4. The van der Waals surface area contributed by atoms with Crippen molar-refractivity contribution in [2.24, 2.45) is 0 Å². The summed E-state index contributed by atoms with van der Waals surface area (Å²) < 4.78 is 61.2. The van der Waals surface area contributed by atoms with Gasteiger partial charge in [0.05, 0.1) is 24.1 Å². The summed E-state index contributed by atoms with van der Waals surface area (Å²) in [6.45, 7) is 0.426. The molecule has 0 atom stereocenters. The Kier molecular flexibility index (Phi) is 5.37. The molecule has 0 fully saturated rings. The highest BCUT2D eigenvalue weighted by Gasteiger charge is 2.30. The summed E-state index contributed by atoms with van der Waals surface area (Å²) >= 11 is 0. The van der Waals surface area contributed by atoms with Gasteiger partial charge in [0, 0.05) is 12.3 Å². The van der Waals surface area contributed by atoms with Crippen molar-refractivity contribution in [1.29, 1.82) is 0 Å². The lowest BCUT2D eigenvalue weighted by Gasteiger charge is -2.10. The third-order valence-electron chi connectivity index (χ3n) is 2.98. The molecule has 10 heteroatoms. The summed E-state index contributed by atoms with van der Waals surface area (Å²) in [4.78, 5) is 15.3. The molecule has 0 N–H and O–H groups in total. The molecule has 0 saturated carbocycles. The molecular formula is C14H13F4N3O3. The second-order valence-corrected chi connectivity index (χ2v) is 4.52. The highest BCUT2D eigenvalue weighted by molar-refractivity contribution is 5.90. The molecule has 0 radical (unpaired) electrons. The zero-order chi connectivity index (χ0) is 17.7. The van der Waals surface area contributed by atoms with Gasteiger partial charge in [-0.15, -0.1) is 0 Å². The van der Waals surface area contributed by atoms with Gasteiger partial charge in [0.15, 0.2) is 6.80 Å². The normalized spacial score (nSPS) is 11.4. The molecule has 2 rings (SSSR count). The Hall–Kier alpha value is -2.65. The van der Waals surface area contributed by atoms with Crippen molar-refractivity contribution in [3.8, 4) is 5.88 Å². The molecule has 0 bridgehead atoms. The highest BCUT2D eigenvalue weighted by atomic mass is 19.4. The van der Waals surface area contributed by atoms with E-state index in [-0.39, 0.29) is 30.4 Å². The van der Waals surface area contributed by atoms with Crippen LogP contribution in [-0.4, -0.2) is 27.3 Å². The van der Waals surface area contributed by atoms with Crippen LogP contribution in [0, 0.1) is 0 Å². The van der Waals surface area contributed by atoms with Gasteiger partial charge >= 0.3 is 12.1 Å². The Bertz CT molecular complexity index is 698. The lowest BCUT2D eigenvalue weighted by molar-refractivity contribution is -0.137. The molecule has 0 unspecified atom stereocenters. The zero-order valence-electron chi connectivity index (χ0n) is 12.5. The average molecular weight is 347 g/mol. The van der Waals surface area contributed by atoms with Gasteiger partial charge in [-0.1, -0.05) is 0 Å². The fraction of sp³-hybridized carbons (Fsp3) is 0.357. The van der Waals surface area contributed by atoms with Gasteiger partial charge in [0.25, 0.3) is 0 Å². The number of pyridine rings is 1. The van der Waals surface area contributed by atoms with Crippen LogP contribution in [0.25, 0.3) is 0 Å². The molecule has 0 aromatic carbocycles. The molecule has 130 valence electrons. The number of carbonyl (C=O) groups excluding carboxylic acids is 1. The number of ether oxygens (including phenoxy) is 2. The maximum Gasteiger partial charge on any atom is 0.417 e. The Morgan fingerprint density at radius 1 is 1.29 bits per heavy atom. The number of hydrogen-bond donors (Lipinski definition) is 0. The number of esters is 1. The SMILES string of the molecule is CCOC(=O)c1cnn(CF)c1COc1ccc(C(F)(F)F)cn1. The van der Waals surface area contributed by atoms with Crippen molar-refractivity contribution in [3.63, 3.8) is 0 Å². The topological polar surface area (TPSA) is 66.2 Å². The first-order valence-corrected chi connectivity index (χ1v) is 6.80. The molecule has 2 aromatic rings. The van der Waals surface area contributed by atoms with E-state index in [4.69, 9.17) is 9.47 Å². The predicted molar refractivity (Wildman–Crippen MR) is 72.9 cm³/mol. The summed E-state index contributed by atoms with van der Waals surface area (Å²) in [5.41, 5.74) is -0.810. The Labute approximate surface area is 134 Å². The summed E-state index contributed by atoms with van der Waals surface area (Å²) in [5, 5.41) is 3.69. The molecule has 0 aliphatic heterocycles. The van der Waals surface area contributed by atoms with Gasteiger partial charge < -0.3 is 9.47 Å². The number of carbonyl (C=O) groups is 1. The van der Waals surface area contributed by atoms with E-state index in [1.54, 1.807) is 6.92 Å². The molecule has 0 spiro atoms. The van der Waals surface area contributed by atoms with Gasteiger partial charge in [-0.25, -0.2) is 18.9 Å². The van der Waals surface area contributed by atoms with Crippen molar-refractivity contribution < 1.29 is 31.8 Å². The van der Waals surface area contributed by atoms with Gasteiger partial charge in [-0.3, -0.25) is 0 Å². The predicted octanol–water partition coefficient (Wildman–Crippen LogP) is 2.98. The molecule has 2 heterocycles. The molecule has 2 aromatic heterocycles. The van der Waals surface area contributed by atoms with Crippen molar-refractivity contribution in [1.82, 2.24) is 14.8 Å². The van der Waals surface area contributed by atoms with Crippen LogP contribution in [0.15, 0.2) is 24.5 Å². The van der Waals surface area contributed by atoms with Gasteiger partial charge in [0.1, 0.15) is 12.2 Å². The third kappa shape index (κ3) is 4.00. The van der Waals surface area contributed by atoms with Crippen LogP contribution in [0.1, 0.15) is 28.5 Å². The molecule has 0 aliphatic carbocycles. The summed E-state index contributed by atoms with van der Waals surface area (Å²) in [5.74, 6) is -0.805. The van der Waals surface area contributed by atoms with Crippen molar-refractivity contribution in [2.45, 2.75) is 26.5 Å². The van der Waals surface area contributed by atoms with Crippen molar-refractivity contribution in [2.75, 3.05) is 6.61 Å². The van der Waals surface area contributed by atoms with Crippen LogP contribution in [0.2, 0.25) is 0 Å². The highest BCUT2D eigenvalue weighted by Crippen LogP contribution is 2.29. The minimum atomic E-state index is -4.50. The Morgan fingerprint density at radius 2 is 2.04 bits per heavy atom. The van der Waals surface area contributed by atoms with Crippen LogP contribution in [0.3, 0.4) is 0 Å². The maximum absolute atomic E-state index is 12.9. The number of aromatic nitrogens is 3. The average Bonchev–Trinajstić information content (AvgIpc) is 2.95. The molecule has 6 nitrogen and oxygen atoms in total. The fourth-order valence-corrected chi connectivity index (χ4v) is 1.82. The van der Waals surface area contributed by atoms with E-state index in [1.165, 1.54) is 0 Å². The van der Waals surface area contributed by atoms with E-state index in [1.807, 2.05) is 0 Å². The molecule has 24 heavy (non-hydrogen) atoms. The minimum absolute atomic E-state index is 0.0152. The van der Waals surface area contributed by atoms with Crippen LogP contribution >= 0.6 is 0 Å². The van der Waals surface area contributed by atoms with Crippen LogP contribution in [0.4, 0.5) is 17.6 Å². The van der Waals surface area contributed by atoms with Crippen molar-refractivity contribution >= 4 is 5.97 Å². The van der Waals surface area contributed by atoms with E-state index in [9.17, 15) is 22.4 Å². The molecular weight excluding hydrogens is 334 g/mol. The number of halogens is 4. The summed E-state index contributed by atoms with van der Waals surface area (Å²) in [7, 11) is 0. The van der Waals surface area contributed by atoms with Gasteiger partial charge in [-0.2, -0.15) is 18.3 Å². The van der Waals surface area contributed by atoms with E-state index in [0.717, 1.165) is 23.0 Å². The largest absolute Gasteiger partial charge is 0.471 e. The first-order valence-electron chi connectivity index (χ1n) is 6.80. The minimum Gasteiger partial charge on any atom is -0.471 e. The fourth-order valence-electron chi connectivity index (χ4n) is 1.82. The van der Waals surface area contributed by atoms with Crippen molar-refractivity contribution in [3.05, 3.63) is 41.3 Å². The van der Waals surface area contributed by atoms with Gasteiger partial charge in [-0.05, 0) is 13.0 Å². The van der Waals surface area contributed by atoms with Crippen LogP contribution in [0.5, 0.6) is 5.88 Å². The Morgan fingerprint density at radius 3 is 2.58 bits per heavy atom. The zero-order valence-corrected chi connectivity index (χ0v) is 12.5. The van der Waals surface area contributed by atoms with Crippen LogP contribution < -0.4 is 4.74 Å². The first-order chi connectivity index (χ1) is 11.4. The molecule has 0 amide bonds. The number of nitrogens with zero attached hydrogens (tertiary/aromatic N) is 3. The van der Waals surface area contributed by atoms with Crippen LogP contribution in [-0.2, 0) is 24.3 Å². The maximum atomic E-state index is 12.9.